The number of urea groups is 1. The van der Waals surface area contributed by atoms with E-state index >= 15 is 0 Å². The second kappa shape index (κ2) is 8.00. The first-order valence-electron chi connectivity index (χ1n) is 10.7. The van der Waals surface area contributed by atoms with Crippen LogP contribution in [0.1, 0.15) is 34.0 Å². The molecule has 0 spiro atoms. The standard InChI is InChI=1S/C27H24FN3O/c1-18-9-12-20(13-10-18)26-25-8-5-15-30(25)24-7-4-3-6-21(24)17-31(26)27(32)29-22-14-11-19(2)23(28)16-22/h3-16,26H,17H2,1-2H3,(H,29,32). The Labute approximate surface area is 186 Å². The summed E-state index contributed by atoms with van der Waals surface area (Å²) >= 11 is 0. The summed E-state index contributed by atoms with van der Waals surface area (Å²) in [7, 11) is 0. The van der Waals surface area contributed by atoms with Gasteiger partial charge in [-0.1, -0.05) is 54.1 Å². The van der Waals surface area contributed by atoms with Crippen molar-refractivity contribution in [3.05, 3.63) is 119 Å². The fourth-order valence-corrected chi connectivity index (χ4v) is 4.30. The maximum absolute atomic E-state index is 14.1. The van der Waals surface area contributed by atoms with Crippen LogP contribution in [-0.4, -0.2) is 15.5 Å². The Morgan fingerprint density at radius 1 is 0.969 bits per heavy atom. The molecule has 1 aromatic heterocycles. The molecule has 0 fully saturated rings. The van der Waals surface area contributed by atoms with Gasteiger partial charge >= 0.3 is 6.03 Å². The van der Waals surface area contributed by atoms with Crippen molar-refractivity contribution < 1.29 is 9.18 Å². The Balaban J connectivity index is 1.61. The van der Waals surface area contributed by atoms with Crippen LogP contribution in [0.15, 0.2) is 85.1 Å². The van der Waals surface area contributed by atoms with Gasteiger partial charge in [0.1, 0.15) is 5.82 Å². The molecular formula is C27H24FN3O. The van der Waals surface area contributed by atoms with Gasteiger partial charge in [0.25, 0.3) is 0 Å². The van der Waals surface area contributed by atoms with Crippen molar-refractivity contribution in [2.24, 2.45) is 0 Å². The molecule has 1 N–H and O–H groups in total. The number of aryl methyl sites for hydroxylation is 2. The maximum Gasteiger partial charge on any atom is 0.322 e. The number of anilines is 1. The van der Waals surface area contributed by atoms with Gasteiger partial charge in [0.2, 0.25) is 0 Å². The van der Waals surface area contributed by atoms with E-state index in [2.05, 4.69) is 46.3 Å². The largest absolute Gasteiger partial charge is 0.322 e. The number of carbonyl (C=O) groups excluding carboxylic acids is 1. The molecule has 1 aliphatic heterocycles. The molecule has 0 bridgehead atoms. The SMILES string of the molecule is Cc1ccc(C2c3cccn3-c3ccccc3CN2C(=O)Nc2ccc(C)c(F)c2)cc1. The zero-order valence-electron chi connectivity index (χ0n) is 18.0. The van der Waals surface area contributed by atoms with Crippen LogP contribution in [0, 0.1) is 19.7 Å². The number of fused-ring (bicyclic) bond motifs is 3. The summed E-state index contributed by atoms with van der Waals surface area (Å²) in [6.07, 6.45) is 2.03. The van der Waals surface area contributed by atoms with Crippen molar-refractivity contribution in [2.45, 2.75) is 26.4 Å². The smallest absolute Gasteiger partial charge is 0.318 e. The van der Waals surface area contributed by atoms with Crippen LogP contribution < -0.4 is 5.32 Å². The Morgan fingerprint density at radius 2 is 1.75 bits per heavy atom. The molecule has 32 heavy (non-hydrogen) atoms. The van der Waals surface area contributed by atoms with Crippen molar-refractivity contribution in [3.8, 4) is 5.69 Å². The van der Waals surface area contributed by atoms with E-state index in [0.29, 0.717) is 17.8 Å². The minimum atomic E-state index is -0.340. The van der Waals surface area contributed by atoms with E-state index in [-0.39, 0.29) is 17.9 Å². The van der Waals surface area contributed by atoms with Gasteiger partial charge in [0.05, 0.1) is 18.3 Å². The van der Waals surface area contributed by atoms with E-state index in [9.17, 15) is 9.18 Å². The van der Waals surface area contributed by atoms with Crippen molar-refractivity contribution in [2.75, 3.05) is 5.32 Å². The van der Waals surface area contributed by atoms with Crippen LogP contribution in [0.4, 0.5) is 14.9 Å². The van der Waals surface area contributed by atoms with E-state index in [4.69, 9.17) is 0 Å². The summed E-state index contributed by atoms with van der Waals surface area (Å²) in [5.74, 6) is -0.340. The Bertz CT molecular complexity index is 1290. The number of nitrogens with zero attached hydrogens (tertiary/aromatic N) is 2. The number of carbonyl (C=O) groups is 1. The Morgan fingerprint density at radius 3 is 2.53 bits per heavy atom. The minimum absolute atomic E-state index is 0.275. The third-order valence-corrected chi connectivity index (χ3v) is 6.04. The molecule has 2 heterocycles. The average Bonchev–Trinajstić information content (AvgIpc) is 3.21. The number of aromatic nitrogens is 1. The third-order valence-electron chi connectivity index (χ3n) is 6.04. The van der Waals surface area contributed by atoms with Crippen LogP contribution in [0.25, 0.3) is 5.69 Å². The van der Waals surface area contributed by atoms with Gasteiger partial charge in [-0.05, 0) is 60.9 Å². The summed E-state index contributed by atoms with van der Waals surface area (Å²) in [6, 6.07) is 24.6. The molecule has 0 aliphatic carbocycles. The van der Waals surface area contributed by atoms with Gasteiger partial charge in [-0.3, -0.25) is 0 Å². The molecule has 4 nitrogen and oxygen atoms in total. The van der Waals surface area contributed by atoms with E-state index in [1.165, 1.54) is 6.07 Å². The molecule has 5 heteroatoms. The third kappa shape index (κ3) is 3.56. The number of halogens is 1. The van der Waals surface area contributed by atoms with Crippen LogP contribution in [0.5, 0.6) is 0 Å². The topological polar surface area (TPSA) is 37.3 Å². The zero-order chi connectivity index (χ0) is 22.2. The summed E-state index contributed by atoms with van der Waals surface area (Å²) < 4.78 is 16.3. The molecule has 0 saturated carbocycles. The summed E-state index contributed by atoms with van der Waals surface area (Å²) in [5, 5.41) is 2.91. The highest BCUT2D eigenvalue weighted by Gasteiger charge is 2.33. The summed E-state index contributed by atoms with van der Waals surface area (Å²) in [4.78, 5) is 15.4. The van der Waals surface area contributed by atoms with Gasteiger partial charge < -0.3 is 14.8 Å². The first-order chi connectivity index (χ1) is 15.5. The van der Waals surface area contributed by atoms with Crippen molar-refractivity contribution in [1.82, 2.24) is 9.47 Å². The van der Waals surface area contributed by atoms with Crippen molar-refractivity contribution in [3.63, 3.8) is 0 Å². The van der Waals surface area contributed by atoms with Crippen molar-refractivity contribution in [1.29, 1.82) is 0 Å². The van der Waals surface area contributed by atoms with Gasteiger partial charge in [-0.15, -0.1) is 0 Å². The lowest BCUT2D eigenvalue weighted by atomic mass is 10.0. The van der Waals surface area contributed by atoms with Crippen molar-refractivity contribution >= 4 is 11.7 Å². The monoisotopic (exact) mass is 425 g/mol. The first-order valence-corrected chi connectivity index (χ1v) is 10.7. The molecule has 0 saturated heterocycles. The molecule has 5 rings (SSSR count). The number of benzene rings is 3. The average molecular weight is 426 g/mol. The molecule has 1 unspecified atom stereocenters. The number of nitrogens with one attached hydrogen (secondary N) is 1. The predicted molar refractivity (Wildman–Crippen MR) is 124 cm³/mol. The lowest BCUT2D eigenvalue weighted by Gasteiger charge is -2.31. The van der Waals surface area contributed by atoms with Crippen LogP contribution >= 0.6 is 0 Å². The minimum Gasteiger partial charge on any atom is -0.318 e. The number of hydrogen-bond donors (Lipinski definition) is 1. The Kier molecular flexibility index (Phi) is 5.02. The molecular weight excluding hydrogens is 401 g/mol. The van der Waals surface area contributed by atoms with Gasteiger partial charge in [-0.2, -0.15) is 0 Å². The van der Waals surface area contributed by atoms with Gasteiger partial charge in [-0.25, -0.2) is 9.18 Å². The van der Waals surface area contributed by atoms with Crippen LogP contribution in [-0.2, 0) is 6.54 Å². The molecule has 4 aromatic rings. The quantitative estimate of drug-likeness (QED) is 0.398. The summed E-state index contributed by atoms with van der Waals surface area (Å²) in [5.41, 5.74) is 6.27. The molecule has 2 amide bonds. The zero-order valence-corrected chi connectivity index (χ0v) is 18.0. The van der Waals surface area contributed by atoms with Gasteiger partial charge in [0, 0.05) is 17.6 Å². The molecule has 160 valence electrons. The van der Waals surface area contributed by atoms with Crippen LogP contribution in [0.3, 0.4) is 0 Å². The molecule has 1 atom stereocenters. The molecule has 0 radical (unpaired) electrons. The highest BCUT2D eigenvalue weighted by molar-refractivity contribution is 5.90. The second-order valence-electron chi connectivity index (χ2n) is 8.27. The van der Waals surface area contributed by atoms with E-state index in [1.54, 1.807) is 19.1 Å². The summed E-state index contributed by atoms with van der Waals surface area (Å²) in [6.45, 7) is 4.18. The van der Waals surface area contributed by atoms with E-state index < -0.39 is 0 Å². The fraction of sp³-hybridized carbons (Fsp3) is 0.148. The second-order valence-corrected chi connectivity index (χ2v) is 8.27. The number of para-hydroxylation sites is 1. The highest BCUT2D eigenvalue weighted by Crippen LogP contribution is 2.37. The number of hydrogen-bond acceptors (Lipinski definition) is 1. The van der Waals surface area contributed by atoms with E-state index in [0.717, 1.165) is 28.1 Å². The van der Waals surface area contributed by atoms with Crippen LogP contribution in [0.2, 0.25) is 0 Å². The number of rotatable bonds is 2. The molecule has 1 aliphatic rings. The lowest BCUT2D eigenvalue weighted by Crippen LogP contribution is -2.38. The van der Waals surface area contributed by atoms with E-state index in [1.807, 2.05) is 42.3 Å². The normalized spacial score (nSPS) is 15.0. The fourth-order valence-electron chi connectivity index (χ4n) is 4.30. The number of amides is 2. The highest BCUT2D eigenvalue weighted by atomic mass is 19.1. The lowest BCUT2D eigenvalue weighted by molar-refractivity contribution is 0.194. The maximum atomic E-state index is 14.1. The molecule has 3 aromatic carbocycles. The predicted octanol–water partition coefficient (Wildman–Crippen LogP) is 6.37. The Hall–Kier alpha value is -3.86. The first kappa shape index (κ1) is 20.1. The van der Waals surface area contributed by atoms with Gasteiger partial charge in [0.15, 0.2) is 0 Å².